The first-order chi connectivity index (χ1) is 5.65. The minimum atomic E-state index is -0.728. The summed E-state index contributed by atoms with van der Waals surface area (Å²) in [4.78, 5) is 10.6. The van der Waals surface area contributed by atoms with Crippen LogP contribution in [0.2, 0.25) is 0 Å². The Morgan fingerprint density at radius 3 is 2.92 bits per heavy atom. The Balaban J connectivity index is 2.40. The zero-order chi connectivity index (χ0) is 9.14. The van der Waals surface area contributed by atoms with Crippen LogP contribution in [0.5, 0.6) is 0 Å². The molecule has 1 fully saturated rings. The zero-order valence-electron chi connectivity index (χ0n) is 7.41. The number of thioether (sulfide) groups is 1. The normalized spacial score (nSPS) is 31.8. The van der Waals surface area contributed by atoms with Crippen molar-refractivity contribution in [2.45, 2.75) is 31.7 Å². The number of aliphatic carboxylic acids is 1. The summed E-state index contributed by atoms with van der Waals surface area (Å²) in [5, 5.41) is 12.1. The molecule has 1 heterocycles. The topological polar surface area (TPSA) is 49.3 Å². The second kappa shape index (κ2) is 4.14. The van der Waals surface area contributed by atoms with E-state index in [1.165, 1.54) is 0 Å². The van der Waals surface area contributed by atoms with E-state index >= 15 is 0 Å². The molecule has 3 atom stereocenters. The van der Waals surface area contributed by atoms with Gasteiger partial charge in [-0.1, -0.05) is 20.3 Å². The first kappa shape index (κ1) is 9.86. The lowest BCUT2D eigenvalue weighted by molar-refractivity contribution is -0.138. The molecule has 0 aliphatic carbocycles. The summed E-state index contributed by atoms with van der Waals surface area (Å²) in [6, 6.07) is -0.339. The molecule has 70 valence electrons. The van der Waals surface area contributed by atoms with E-state index in [0.717, 1.165) is 6.42 Å². The SMILES string of the molecule is CCC(C)C1N[C@@H](C(=O)O)CS1. The van der Waals surface area contributed by atoms with Gasteiger partial charge in [-0.3, -0.25) is 10.1 Å². The Morgan fingerprint density at radius 2 is 2.50 bits per heavy atom. The standard InChI is InChI=1S/C8H15NO2S/c1-3-5(2)7-9-6(4-12-7)8(10)11/h5-7,9H,3-4H2,1-2H3,(H,10,11)/t5?,6-,7?/m1/s1. The van der Waals surface area contributed by atoms with Crippen molar-refractivity contribution in [3.8, 4) is 0 Å². The van der Waals surface area contributed by atoms with Crippen molar-refractivity contribution < 1.29 is 9.90 Å². The lowest BCUT2D eigenvalue weighted by atomic mass is 10.1. The van der Waals surface area contributed by atoms with E-state index in [-0.39, 0.29) is 6.04 Å². The van der Waals surface area contributed by atoms with Gasteiger partial charge < -0.3 is 5.11 Å². The molecule has 0 amide bonds. The first-order valence-corrected chi connectivity index (χ1v) is 5.30. The highest BCUT2D eigenvalue weighted by atomic mass is 32.2. The molecule has 0 aromatic heterocycles. The molecule has 1 rings (SSSR count). The molecular formula is C8H15NO2S. The molecule has 0 saturated carbocycles. The molecule has 3 nitrogen and oxygen atoms in total. The highest BCUT2D eigenvalue weighted by Crippen LogP contribution is 2.26. The molecule has 12 heavy (non-hydrogen) atoms. The first-order valence-electron chi connectivity index (χ1n) is 4.25. The van der Waals surface area contributed by atoms with Crippen LogP contribution in [-0.4, -0.2) is 28.2 Å². The minimum Gasteiger partial charge on any atom is -0.480 e. The Hall–Kier alpha value is -0.220. The summed E-state index contributed by atoms with van der Waals surface area (Å²) < 4.78 is 0. The highest BCUT2D eigenvalue weighted by molar-refractivity contribution is 8.00. The van der Waals surface area contributed by atoms with Crippen LogP contribution in [0.4, 0.5) is 0 Å². The molecule has 2 unspecified atom stereocenters. The zero-order valence-corrected chi connectivity index (χ0v) is 8.23. The van der Waals surface area contributed by atoms with Crippen LogP contribution in [0.3, 0.4) is 0 Å². The van der Waals surface area contributed by atoms with Crippen LogP contribution in [0.15, 0.2) is 0 Å². The van der Waals surface area contributed by atoms with Gasteiger partial charge in [-0.05, 0) is 5.92 Å². The van der Waals surface area contributed by atoms with E-state index in [9.17, 15) is 4.79 Å². The van der Waals surface area contributed by atoms with Crippen molar-refractivity contribution in [3.05, 3.63) is 0 Å². The fourth-order valence-electron chi connectivity index (χ4n) is 1.18. The summed E-state index contributed by atoms with van der Waals surface area (Å²) in [6.07, 6.45) is 1.09. The van der Waals surface area contributed by atoms with Gasteiger partial charge in [0.2, 0.25) is 0 Å². The molecular weight excluding hydrogens is 174 g/mol. The molecule has 1 saturated heterocycles. The van der Waals surface area contributed by atoms with Crippen molar-refractivity contribution in [1.82, 2.24) is 5.32 Å². The van der Waals surface area contributed by atoms with E-state index in [1.807, 2.05) is 0 Å². The van der Waals surface area contributed by atoms with Gasteiger partial charge in [0.25, 0.3) is 0 Å². The number of nitrogens with one attached hydrogen (secondary N) is 1. The maximum atomic E-state index is 10.6. The third-order valence-corrected chi connectivity index (χ3v) is 3.75. The van der Waals surface area contributed by atoms with Crippen molar-refractivity contribution in [2.24, 2.45) is 5.92 Å². The van der Waals surface area contributed by atoms with E-state index in [1.54, 1.807) is 11.8 Å². The number of rotatable bonds is 3. The lowest BCUT2D eigenvalue weighted by Gasteiger charge is -2.16. The van der Waals surface area contributed by atoms with Crippen LogP contribution in [-0.2, 0) is 4.79 Å². The summed E-state index contributed by atoms with van der Waals surface area (Å²) in [5.41, 5.74) is 0. The minimum absolute atomic E-state index is 0.330. The fraction of sp³-hybridized carbons (Fsp3) is 0.875. The molecule has 0 spiro atoms. The maximum absolute atomic E-state index is 10.6. The molecule has 0 radical (unpaired) electrons. The largest absolute Gasteiger partial charge is 0.480 e. The fourth-order valence-corrected chi connectivity index (χ4v) is 2.60. The molecule has 0 aromatic carbocycles. The van der Waals surface area contributed by atoms with E-state index in [4.69, 9.17) is 5.11 Å². The van der Waals surface area contributed by atoms with Gasteiger partial charge >= 0.3 is 5.97 Å². The predicted molar refractivity (Wildman–Crippen MR) is 50.3 cm³/mol. The number of hydrogen-bond acceptors (Lipinski definition) is 3. The van der Waals surface area contributed by atoms with Crippen molar-refractivity contribution in [3.63, 3.8) is 0 Å². The number of carboxylic acid groups (broad SMARTS) is 1. The molecule has 4 heteroatoms. The molecule has 1 aliphatic rings. The molecule has 0 bridgehead atoms. The number of carboxylic acids is 1. The van der Waals surface area contributed by atoms with Gasteiger partial charge in [0.15, 0.2) is 0 Å². The maximum Gasteiger partial charge on any atom is 0.321 e. The Morgan fingerprint density at radius 1 is 1.83 bits per heavy atom. The second-order valence-electron chi connectivity index (χ2n) is 3.20. The van der Waals surface area contributed by atoms with Crippen molar-refractivity contribution >= 4 is 17.7 Å². The van der Waals surface area contributed by atoms with Crippen LogP contribution in [0, 0.1) is 5.92 Å². The average Bonchev–Trinajstić information content (AvgIpc) is 2.51. The van der Waals surface area contributed by atoms with E-state index < -0.39 is 5.97 Å². The highest BCUT2D eigenvalue weighted by Gasteiger charge is 2.31. The van der Waals surface area contributed by atoms with Crippen LogP contribution >= 0.6 is 11.8 Å². The second-order valence-corrected chi connectivity index (χ2v) is 4.37. The van der Waals surface area contributed by atoms with Crippen LogP contribution in [0.1, 0.15) is 20.3 Å². The molecule has 0 aromatic rings. The Bertz CT molecular complexity index is 174. The summed E-state index contributed by atoms with van der Waals surface area (Å²) >= 11 is 1.72. The van der Waals surface area contributed by atoms with E-state index in [2.05, 4.69) is 19.2 Å². The van der Waals surface area contributed by atoms with Crippen LogP contribution < -0.4 is 5.32 Å². The van der Waals surface area contributed by atoms with Gasteiger partial charge in [-0.15, -0.1) is 11.8 Å². The molecule has 2 N–H and O–H groups in total. The van der Waals surface area contributed by atoms with Gasteiger partial charge in [-0.2, -0.15) is 0 Å². The van der Waals surface area contributed by atoms with Gasteiger partial charge in [0.1, 0.15) is 6.04 Å². The summed E-state index contributed by atoms with van der Waals surface area (Å²) in [5.74, 6) is 0.525. The predicted octanol–water partition coefficient (Wildman–Crippen LogP) is 1.15. The Kier molecular flexibility index (Phi) is 3.40. The van der Waals surface area contributed by atoms with Gasteiger partial charge in [-0.25, -0.2) is 0 Å². The van der Waals surface area contributed by atoms with Crippen molar-refractivity contribution in [1.29, 1.82) is 0 Å². The van der Waals surface area contributed by atoms with Gasteiger partial charge in [0.05, 0.1) is 5.37 Å². The molecule has 1 aliphatic heterocycles. The Labute approximate surface area is 76.9 Å². The number of carbonyl (C=O) groups is 1. The van der Waals surface area contributed by atoms with Crippen LogP contribution in [0.25, 0.3) is 0 Å². The van der Waals surface area contributed by atoms with Crippen molar-refractivity contribution in [2.75, 3.05) is 5.75 Å². The monoisotopic (exact) mass is 189 g/mol. The summed E-state index contributed by atoms with van der Waals surface area (Å²) in [7, 11) is 0. The quantitative estimate of drug-likeness (QED) is 0.699. The smallest absolute Gasteiger partial charge is 0.321 e. The lowest BCUT2D eigenvalue weighted by Crippen LogP contribution is -2.38. The summed E-state index contributed by atoms with van der Waals surface area (Å²) in [6.45, 7) is 4.27. The van der Waals surface area contributed by atoms with E-state index in [0.29, 0.717) is 17.0 Å². The number of hydrogen-bond donors (Lipinski definition) is 2. The third kappa shape index (κ3) is 2.14. The third-order valence-electron chi connectivity index (χ3n) is 2.27. The van der Waals surface area contributed by atoms with Gasteiger partial charge in [0, 0.05) is 5.75 Å². The average molecular weight is 189 g/mol.